The first-order valence-corrected chi connectivity index (χ1v) is 8.80. The van der Waals surface area contributed by atoms with Crippen molar-refractivity contribution in [3.05, 3.63) is 72.3 Å². The second kappa shape index (κ2) is 6.76. The van der Waals surface area contributed by atoms with E-state index in [4.69, 9.17) is 9.47 Å². The molecule has 0 radical (unpaired) electrons. The highest BCUT2D eigenvalue weighted by molar-refractivity contribution is 6.15. The van der Waals surface area contributed by atoms with Crippen molar-refractivity contribution in [1.82, 2.24) is 0 Å². The number of benzene rings is 4. The van der Waals surface area contributed by atoms with E-state index in [1.165, 1.54) is 0 Å². The highest BCUT2D eigenvalue weighted by Crippen LogP contribution is 2.37. The van der Waals surface area contributed by atoms with Gasteiger partial charge in [-0.1, -0.05) is 30.3 Å². The quantitative estimate of drug-likeness (QED) is 0.338. The Morgan fingerprint density at radius 3 is 2.04 bits per heavy atom. The number of methoxy groups -OCH3 is 2. The summed E-state index contributed by atoms with van der Waals surface area (Å²) in [5.41, 5.74) is 2.87. The van der Waals surface area contributed by atoms with E-state index in [-0.39, 0.29) is 5.78 Å². The number of rotatable bonds is 4. The lowest BCUT2D eigenvalue weighted by atomic mass is 9.91. The lowest BCUT2D eigenvalue weighted by molar-refractivity contribution is 0.101. The predicted molar refractivity (Wildman–Crippen MR) is 110 cm³/mol. The van der Waals surface area contributed by atoms with Gasteiger partial charge in [0, 0.05) is 5.56 Å². The molecule has 3 heteroatoms. The maximum absolute atomic E-state index is 11.9. The number of ether oxygens (including phenoxy) is 2. The number of fused-ring (bicyclic) bond motifs is 3. The molecule has 134 valence electrons. The monoisotopic (exact) mass is 356 g/mol. The Morgan fingerprint density at radius 2 is 1.37 bits per heavy atom. The van der Waals surface area contributed by atoms with Crippen molar-refractivity contribution >= 4 is 27.3 Å². The third-order valence-corrected chi connectivity index (χ3v) is 4.97. The van der Waals surface area contributed by atoms with Crippen molar-refractivity contribution in [3.8, 4) is 22.6 Å². The third kappa shape index (κ3) is 3.02. The molecule has 0 atom stereocenters. The minimum atomic E-state index is 0.0624. The van der Waals surface area contributed by atoms with Crippen LogP contribution in [-0.2, 0) is 0 Å². The van der Waals surface area contributed by atoms with Gasteiger partial charge in [-0.15, -0.1) is 0 Å². The molecule has 4 rings (SSSR count). The zero-order valence-corrected chi connectivity index (χ0v) is 15.6. The van der Waals surface area contributed by atoms with Gasteiger partial charge in [0.25, 0.3) is 0 Å². The van der Waals surface area contributed by atoms with Crippen LogP contribution in [0.5, 0.6) is 11.5 Å². The molecule has 0 aromatic heterocycles. The Balaban J connectivity index is 2.07. The van der Waals surface area contributed by atoms with Crippen molar-refractivity contribution in [2.24, 2.45) is 0 Å². The van der Waals surface area contributed by atoms with Gasteiger partial charge in [0.15, 0.2) is 5.78 Å². The van der Waals surface area contributed by atoms with Crippen LogP contribution in [0, 0.1) is 0 Å². The molecule has 0 aliphatic rings. The maximum atomic E-state index is 11.9. The van der Waals surface area contributed by atoms with Crippen LogP contribution >= 0.6 is 0 Å². The smallest absolute Gasteiger partial charge is 0.159 e. The molecule has 4 aromatic rings. The van der Waals surface area contributed by atoms with E-state index < -0.39 is 0 Å². The van der Waals surface area contributed by atoms with E-state index in [2.05, 4.69) is 12.1 Å². The molecule has 0 saturated heterocycles. The summed E-state index contributed by atoms with van der Waals surface area (Å²) in [5, 5.41) is 4.41. The minimum Gasteiger partial charge on any atom is -0.497 e. The standard InChI is InChI=1S/C24H20O3/c1-15(25)17-6-10-22-21-11-9-20(27-3)12-18(21)14-23(24(22)13-17)16-4-7-19(26-2)8-5-16/h4-14H,1-3H3. The summed E-state index contributed by atoms with van der Waals surface area (Å²) < 4.78 is 10.7. The average Bonchev–Trinajstić information content (AvgIpc) is 2.72. The van der Waals surface area contributed by atoms with Gasteiger partial charge in [-0.3, -0.25) is 4.79 Å². The summed E-state index contributed by atoms with van der Waals surface area (Å²) in [6, 6.07) is 22.1. The number of ketones is 1. The van der Waals surface area contributed by atoms with Gasteiger partial charge >= 0.3 is 0 Å². The Labute approximate surface area is 158 Å². The summed E-state index contributed by atoms with van der Waals surface area (Å²) in [5.74, 6) is 1.70. The summed E-state index contributed by atoms with van der Waals surface area (Å²) in [4.78, 5) is 11.9. The first kappa shape index (κ1) is 17.1. The van der Waals surface area contributed by atoms with Crippen molar-refractivity contribution in [2.75, 3.05) is 14.2 Å². The van der Waals surface area contributed by atoms with Crippen LogP contribution in [0.15, 0.2) is 66.7 Å². The molecule has 0 saturated carbocycles. The largest absolute Gasteiger partial charge is 0.497 e. The molecule has 0 aliphatic heterocycles. The highest BCUT2D eigenvalue weighted by Gasteiger charge is 2.12. The van der Waals surface area contributed by atoms with E-state index in [0.29, 0.717) is 5.56 Å². The fraction of sp³-hybridized carbons (Fsp3) is 0.125. The van der Waals surface area contributed by atoms with E-state index in [0.717, 1.165) is 44.2 Å². The maximum Gasteiger partial charge on any atom is 0.159 e. The van der Waals surface area contributed by atoms with Gasteiger partial charge in [0.05, 0.1) is 14.2 Å². The summed E-state index contributed by atoms with van der Waals surface area (Å²) >= 11 is 0. The van der Waals surface area contributed by atoms with Gasteiger partial charge in [-0.2, -0.15) is 0 Å². The topological polar surface area (TPSA) is 35.5 Å². The molecule has 0 N–H and O–H groups in total. The fourth-order valence-corrected chi connectivity index (χ4v) is 3.50. The van der Waals surface area contributed by atoms with Crippen molar-refractivity contribution in [2.45, 2.75) is 6.92 Å². The fourth-order valence-electron chi connectivity index (χ4n) is 3.50. The summed E-state index contributed by atoms with van der Waals surface area (Å²) in [6.45, 7) is 1.60. The minimum absolute atomic E-state index is 0.0624. The van der Waals surface area contributed by atoms with E-state index in [1.807, 2.05) is 54.6 Å². The molecular formula is C24H20O3. The summed E-state index contributed by atoms with van der Waals surface area (Å²) in [6.07, 6.45) is 0. The molecular weight excluding hydrogens is 336 g/mol. The highest BCUT2D eigenvalue weighted by atomic mass is 16.5. The zero-order chi connectivity index (χ0) is 19.0. The molecule has 0 spiro atoms. The van der Waals surface area contributed by atoms with Crippen LogP contribution in [-0.4, -0.2) is 20.0 Å². The first-order valence-electron chi connectivity index (χ1n) is 8.80. The van der Waals surface area contributed by atoms with Crippen LogP contribution in [0.1, 0.15) is 17.3 Å². The van der Waals surface area contributed by atoms with Gasteiger partial charge < -0.3 is 9.47 Å². The molecule has 0 amide bonds. The average molecular weight is 356 g/mol. The Kier molecular flexibility index (Phi) is 4.28. The van der Waals surface area contributed by atoms with Crippen LogP contribution in [0.3, 0.4) is 0 Å². The number of hydrogen-bond donors (Lipinski definition) is 0. The van der Waals surface area contributed by atoms with Gasteiger partial charge in [0.1, 0.15) is 11.5 Å². The Morgan fingerprint density at radius 1 is 0.704 bits per heavy atom. The number of Topliss-reactive ketones (excluding diaryl/α,β-unsaturated/α-hetero) is 1. The van der Waals surface area contributed by atoms with Crippen molar-refractivity contribution < 1.29 is 14.3 Å². The second-order valence-electron chi connectivity index (χ2n) is 6.56. The van der Waals surface area contributed by atoms with Gasteiger partial charge in [-0.05, 0) is 76.0 Å². The normalized spacial score (nSPS) is 10.9. The molecule has 0 heterocycles. The Bertz CT molecular complexity index is 1160. The van der Waals surface area contributed by atoms with Crippen LogP contribution in [0.4, 0.5) is 0 Å². The molecule has 3 nitrogen and oxygen atoms in total. The van der Waals surface area contributed by atoms with E-state index in [9.17, 15) is 4.79 Å². The lowest BCUT2D eigenvalue weighted by Crippen LogP contribution is -1.93. The van der Waals surface area contributed by atoms with Crippen molar-refractivity contribution in [1.29, 1.82) is 0 Å². The van der Waals surface area contributed by atoms with Crippen molar-refractivity contribution in [3.63, 3.8) is 0 Å². The number of carbonyl (C=O) groups is 1. The predicted octanol–water partition coefficient (Wildman–Crippen LogP) is 5.88. The summed E-state index contributed by atoms with van der Waals surface area (Å²) in [7, 11) is 3.33. The lowest BCUT2D eigenvalue weighted by Gasteiger charge is -2.13. The molecule has 0 unspecified atom stereocenters. The molecule has 4 aromatic carbocycles. The SMILES string of the molecule is COc1ccc(-c2cc3cc(OC)ccc3c3ccc(C(C)=O)cc23)cc1. The van der Waals surface area contributed by atoms with Gasteiger partial charge in [0.2, 0.25) is 0 Å². The third-order valence-electron chi connectivity index (χ3n) is 4.97. The van der Waals surface area contributed by atoms with Gasteiger partial charge in [-0.25, -0.2) is 0 Å². The molecule has 0 fully saturated rings. The first-order chi connectivity index (χ1) is 13.1. The number of carbonyl (C=O) groups excluding carboxylic acids is 1. The van der Waals surface area contributed by atoms with Crippen LogP contribution < -0.4 is 9.47 Å². The second-order valence-corrected chi connectivity index (χ2v) is 6.56. The van der Waals surface area contributed by atoms with E-state index >= 15 is 0 Å². The number of hydrogen-bond acceptors (Lipinski definition) is 3. The zero-order valence-electron chi connectivity index (χ0n) is 15.6. The van der Waals surface area contributed by atoms with Crippen LogP contribution in [0.2, 0.25) is 0 Å². The van der Waals surface area contributed by atoms with E-state index in [1.54, 1.807) is 21.1 Å². The molecule has 27 heavy (non-hydrogen) atoms. The molecule has 0 bridgehead atoms. The Hall–Kier alpha value is -3.33. The molecule has 0 aliphatic carbocycles. The van der Waals surface area contributed by atoms with Crippen LogP contribution in [0.25, 0.3) is 32.7 Å².